The van der Waals surface area contributed by atoms with Crippen LogP contribution in [0.15, 0.2) is 12.3 Å². The van der Waals surface area contributed by atoms with Crippen LogP contribution in [-0.2, 0) is 28.6 Å². The molecule has 4 atom stereocenters. The fourth-order valence-electron chi connectivity index (χ4n) is 3.20. The van der Waals surface area contributed by atoms with Crippen LogP contribution in [0.1, 0.15) is 48.0 Å². The summed E-state index contributed by atoms with van der Waals surface area (Å²) in [6.45, 7) is 9.77. The van der Waals surface area contributed by atoms with E-state index in [9.17, 15) is 24.3 Å². The van der Waals surface area contributed by atoms with Gasteiger partial charge in [-0.15, -0.1) is 0 Å². The number of amides is 3. The highest BCUT2D eigenvalue weighted by Gasteiger charge is 2.33. The van der Waals surface area contributed by atoms with Crippen molar-refractivity contribution in [2.45, 2.75) is 71.9 Å². The summed E-state index contributed by atoms with van der Waals surface area (Å²) in [5.74, 6) is -1.69. The molecule has 0 aliphatic carbocycles. The van der Waals surface area contributed by atoms with Crippen molar-refractivity contribution in [2.24, 2.45) is 11.8 Å². The van der Waals surface area contributed by atoms with E-state index < -0.39 is 36.3 Å². The molecule has 188 valence electrons. The molecule has 33 heavy (non-hydrogen) atoms. The Morgan fingerprint density at radius 1 is 1.27 bits per heavy atom. The number of alkyl carbamates (subject to hydrolysis) is 1. The molecule has 0 bridgehead atoms. The van der Waals surface area contributed by atoms with Gasteiger partial charge in [0.05, 0.1) is 12.7 Å². The van der Waals surface area contributed by atoms with Crippen molar-refractivity contribution in [1.82, 2.24) is 15.1 Å². The Hall–Kier alpha value is -2.66. The SMILES string of the molecule is CC(C)C(NC(=O)OC(C)(C)C)C(=O)OCN(C=O)C(=O)/C=C\N(C)C1OC(CO)CC1C. The number of imide groups is 1. The molecule has 0 aromatic heterocycles. The van der Waals surface area contributed by atoms with Gasteiger partial charge in [-0.1, -0.05) is 20.8 Å². The normalized spacial score (nSPS) is 21.5. The number of ether oxygens (including phenoxy) is 3. The number of aliphatic hydroxyl groups excluding tert-OH is 1. The fraction of sp³-hybridized carbons (Fsp3) is 0.727. The van der Waals surface area contributed by atoms with Gasteiger partial charge in [0.15, 0.2) is 6.73 Å². The van der Waals surface area contributed by atoms with Gasteiger partial charge in [-0.3, -0.25) is 9.59 Å². The molecule has 3 amide bonds. The summed E-state index contributed by atoms with van der Waals surface area (Å²) in [5, 5.41) is 11.7. The first-order chi connectivity index (χ1) is 15.3. The zero-order valence-corrected chi connectivity index (χ0v) is 20.4. The molecule has 1 aliphatic heterocycles. The minimum Gasteiger partial charge on any atom is -0.444 e. The van der Waals surface area contributed by atoms with Crippen LogP contribution in [0.3, 0.4) is 0 Å². The Bertz CT molecular complexity index is 719. The lowest BCUT2D eigenvalue weighted by Gasteiger charge is -2.26. The third kappa shape index (κ3) is 9.39. The first kappa shape index (κ1) is 28.4. The highest BCUT2D eigenvalue weighted by atomic mass is 16.6. The van der Waals surface area contributed by atoms with Gasteiger partial charge in [-0.25, -0.2) is 14.5 Å². The Kier molecular flexibility index (Phi) is 10.8. The third-order valence-electron chi connectivity index (χ3n) is 4.86. The predicted molar refractivity (Wildman–Crippen MR) is 118 cm³/mol. The standard InChI is InChI=1S/C22H37N3O8/c1-14(2)18(23-21(30)33-22(4,5)6)20(29)31-13-25(12-27)17(28)8-9-24(7)19-15(3)10-16(11-26)32-19/h8-9,12,14-16,18-19,26H,10-11,13H2,1-7H3,(H,23,30)/b9-8-. The number of carbonyl (C=O) groups excluding carboxylic acids is 4. The van der Waals surface area contributed by atoms with Crippen LogP contribution in [0.4, 0.5) is 4.79 Å². The van der Waals surface area contributed by atoms with E-state index in [1.807, 2.05) is 6.92 Å². The topological polar surface area (TPSA) is 135 Å². The van der Waals surface area contributed by atoms with E-state index in [0.29, 0.717) is 11.3 Å². The van der Waals surface area contributed by atoms with Crippen LogP contribution in [-0.4, -0.2) is 83.6 Å². The summed E-state index contributed by atoms with van der Waals surface area (Å²) < 4.78 is 16.0. The third-order valence-corrected chi connectivity index (χ3v) is 4.86. The number of nitrogens with zero attached hydrogens (tertiary/aromatic N) is 2. The van der Waals surface area contributed by atoms with Crippen LogP contribution in [0, 0.1) is 11.8 Å². The van der Waals surface area contributed by atoms with Gasteiger partial charge < -0.3 is 29.5 Å². The van der Waals surface area contributed by atoms with Crippen molar-refractivity contribution in [3.63, 3.8) is 0 Å². The first-order valence-electron chi connectivity index (χ1n) is 10.9. The van der Waals surface area contributed by atoms with Gasteiger partial charge in [0.2, 0.25) is 6.41 Å². The van der Waals surface area contributed by atoms with E-state index >= 15 is 0 Å². The number of aliphatic hydroxyl groups is 1. The summed E-state index contributed by atoms with van der Waals surface area (Å²) in [4.78, 5) is 50.5. The maximum Gasteiger partial charge on any atom is 0.408 e. The second-order valence-corrected chi connectivity index (χ2v) is 9.40. The lowest BCUT2D eigenvalue weighted by atomic mass is 10.1. The smallest absolute Gasteiger partial charge is 0.408 e. The number of carbonyl (C=O) groups is 4. The molecule has 11 heteroatoms. The molecule has 11 nitrogen and oxygen atoms in total. The highest BCUT2D eigenvalue weighted by molar-refractivity contribution is 5.94. The first-order valence-corrected chi connectivity index (χ1v) is 10.9. The van der Waals surface area contributed by atoms with Crippen LogP contribution >= 0.6 is 0 Å². The number of nitrogens with one attached hydrogen (secondary N) is 1. The van der Waals surface area contributed by atoms with E-state index in [4.69, 9.17) is 14.2 Å². The molecule has 0 aromatic rings. The predicted octanol–water partition coefficient (Wildman–Crippen LogP) is 1.21. The zero-order valence-electron chi connectivity index (χ0n) is 20.4. The summed E-state index contributed by atoms with van der Waals surface area (Å²) >= 11 is 0. The van der Waals surface area contributed by atoms with Crippen LogP contribution in [0.25, 0.3) is 0 Å². The zero-order chi connectivity index (χ0) is 25.3. The van der Waals surface area contributed by atoms with Crippen molar-refractivity contribution in [3.8, 4) is 0 Å². The molecular weight excluding hydrogens is 434 g/mol. The van der Waals surface area contributed by atoms with Crippen molar-refractivity contribution in [1.29, 1.82) is 0 Å². The largest absolute Gasteiger partial charge is 0.444 e. The highest BCUT2D eigenvalue weighted by Crippen LogP contribution is 2.27. The summed E-state index contributed by atoms with van der Waals surface area (Å²) in [6, 6.07) is -1.02. The van der Waals surface area contributed by atoms with Gasteiger partial charge in [-0.05, 0) is 33.1 Å². The summed E-state index contributed by atoms with van der Waals surface area (Å²) in [7, 11) is 1.71. The minimum atomic E-state index is -1.02. The molecule has 0 saturated carbocycles. The average Bonchev–Trinajstić information content (AvgIpc) is 3.09. The Morgan fingerprint density at radius 2 is 1.91 bits per heavy atom. The molecule has 2 N–H and O–H groups in total. The second-order valence-electron chi connectivity index (χ2n) is 9.40. The van der Waals surface area contributed by atoms with Gasteiger partial charge in [-0.2, -0.15) is 0 Å². The molecule has 1 aliphatic rings. The minimum absolute atomic E-state index is 0.0816. The Balaban J connectivity index is 2.66. The van der Waals surface area contributed by atoms with E-state index in [1.165, 1.54) is 6.20 Å². The van der Waals surface area contributed by atoms with Gasteiger partial charge in [0.1, 0.15) is 17.9 Å². The quantitative estimate of drug-likeness (QED) is 0.209. The summed E-state index contributed by atoms with van der Waals surface area (Å²) in [6.07, 6.45) is 2.20. The molecule has 0 radical (unpaired) electrons. The monoisotopic (exact) mass is 471 g/mol. The van der Waals surface area contributed by atoms with Crippen LogP contribution in [0.2, 0.25) is 0 Å². The van der Waals surface area contributed by atoms with Crippen molar-refractivity contribution < 1.29 is 38.5 Å². The molecule has 1 saturated heterocycles. The number of hydrogen-bond acceptors (Lipinski definition) is 9. The van der Waals surface area contributed by atoms with Gasteiger partial charge in [0.25, 0.3) is 5.91 Å². The van der Waals surface area contributed by atoms with Crippen molar-refractivity contribution in [2.75, 3.05) is 20.4 Å². The van der Waals surface area contributed by atoms with Gasteiger partial charge >= 0.3 is 12.1 Å². The average molecular weight is 472 g/mol. The van der Waals surface area contributed by atoms with Crippen LogP contribution < -0.4 is 5.32 Å². The lowest BCUT2D eigenvalue weighted by Crippen LogP contribution is -2.48. The molecule has 0 aromatic carbocycles. The van der Waals surface area contributed by atoms with Crippen molar-refractivity contribution in [3.05, 3.63) is 12.3 Å². The van der Waals surface area contributed by atoms with E-state index in [0.717, 1.165) is 6.08 Å². The fourth-order valence-corrected chi connectivity index (χ4v) is 3.20. The molecule has 1 fully saturated rings. The molecule has 4 unspecified atom stereocenters. The van der Waals surface area contributed by atoms with E-state index in [-0.39, 0.29) is 37.2 Å². The molecule has 1 rings (SSSR count). The van der Waals surface area contributed by atoms with Crippen LogP contribution in [0.5, 0.6) is 0 Å². The number of esters is 1. The Morgan fingerprint density at radius 3 is 2.39 bits per heavy atom. The van der Waals surface area contributed by atoms with E-state index in [2.05, 4.69) is 5.32 Å². The Labute approximate surface area is 195 Å². The van der Waals surface area contributed by atoms with E-state index in [1.54, 1.807) is 46.6 Å². The molecule has 1 heterocycles. The maximum atomic E-state index is 12.5. The summed E-state index contributed by atoms with van der Waals surface area (Å²) in [5.41, 5.74) is -0.740. The molecular formula is C22H37N3O8. The second kappa shape index (κ2) is 12.5. The number of hydrogen-bond donors (Lipinski definition) is 2. The number of rotatable bonds is 10. The lowest BCUT2D eigenvalue weighted by molar-refractivity contribution is -0.156. The maximum absolute atomic E-state index is 12.5. The van der Waals surface area contributed by atoms with Gasteiger partial charge in [0, 0.05) is 25.2 Å². The van der Waals surface area contributed by atoms with Crippen molar-refractivity contribution >= 4 is 24.4 Å². The molecule has 0 spiro atoms.